The van der Waals surface area contributed by atoms with Crippen LogP contribution in [0, 0.1) is 6.92 Å². The Hall–Kier alpha value is -2.26. The monoisotopic (exact) mass is 326 g/mol. The highest BCUT2D eigenvalue weighted by atomic mass is 35.5. The van der Waals surface area contributed by atoms with Crippen molar-refractivity contribution in [3.63, 3.8) is 0 Å². The van der Waals surface area contributed by atoms with E-state index in [0.29, 0.717) is 5.02 Å². The normalized spacial score (nSPS) is 11.0. The van der Waals surface area contributed by atoms with E-state index in [0.717, 1.165) is 33.7 Å². The molecule has 1 heterocycles. The zero-order valence-electron chi connectivity index (χ0n) is 13.4. The standard InChI is InChI=1S/C19H19ClN2O/c1-12(2)23-17-9-5-8-16(13(17)3)21-18-11-10-14-6-4-7-15(20)19(14)22-18/h4-12H,1-3H3,(H,21,22). The number of halogens is 1. The summed E-state index contributed by atoms with van der Waals surface area (Å²) in [4.78, 5) is 4.62. The molecule has 0 saturated carbocycles. The average Bonchev–Trinajstić information content (AvgIpc) is 2.52. The second-order valence-corrected chi connectivity index (χ2v) is 6.14. The minimum absolute atomic E-state index is 0.140. The summed E-state index contributed by atoms with van der Waals surface area (Å²) in [6, 6.07) is 15.7. The molecule has 3 nitrogen and oxygen atoms in total. The van der Waals surface area contributed by atoms with Crippen LogP contribution in [0.3, 0.4) is 0 Å². The molecule has 0 bridgehead atoms. The van der Waals surface area contributed by atoms with Crippen LogP contribution in [0.25, 0.3) is 10.9 Å². The zero-order chi connectivity index (χ0) is 16.4. The molecule has 0 aliphatic carbocycles. The summed E-state index contributed by atoms with van der Waals surface area (Å²) in [5, 5.41) is 5.03. The Morgan fingerprint density at radius 2 is 1.83 bits per heavy atom. The molecule has 1 N–H and O–H groups in total. The number of rotatable bonds is 4. The van der Waals surface area contributed by atoms with E-state index >= 15 is 0 Å². The molecular formula is C19H19ClN2O. The van der Waals surface area contributed by atoms with Gasteiger partial charge in [0.25, 0.3) is 0 Å². The number of hydrogen-bond donors (Lipinski definition) is 1. The van der Waals surface area contributed by atoms with Crippen LogP contribution in [0.15, 0.2) is 48.5 Å². The lowest BCUT2D eigenvalue weighted by Crippen LogP contribution is -2.07. The minimum atomic E-state index is 0.140. The van der Waals surface area contributed by atoms with Crippen molar-refractivity contribution < 1.29 is 4.74 Å². The molecule has 0 aliphatic rings. The zero-order valence-corrected chi connectivity index (χ0v) is 14.2. The molecule has 3 aromatic rings. The van der Waals surface area contributed by atoms with Gasteiger partial charge in [0.2, 0.25) is 0 Å². The van der Waals surface area contributed by atoms with Crippen LogP contribution in [0.2, 0.25) is 5.02 Å². The van der Waals surface area contributed by atoms with Gasteiger partial charge >= 0.3 is 0 Å². The predicted molar refractivity (Wildman–Crippen MR) is 97.0 cm³/mol. The van der Waals surface area contributed by atoms with Crippen molar-refractivity contribution >= 4 is 34.0 Å². The first-order valence-corrected chi connectivity index (χ1v) is 8.01. The number of pyridine rings is 1. The Bertz CT molecular complexity index is 846. The van der Waals surface area contributed by atoms with Gasteiger partial charge < -0.3 is 10.1 Å². The number of hydrogen-bond acceptors (Lipinski definition) is 3. The van der Waals surface area contributed by atoms with Crippen molar-refractivity contribution in [2.45, 2.75) is 26.9 Å². The van der Waals surface area contributed by atoms with Crippen LogP contribution < -0.4 is 10.1 Å². The third-order valence-electron chi connectivity index (χ3n) is 3.58. The molecule has 0 aliphatic heterocycles. The van der Waals surface area contributed by atoms with Crippen molar-refractivity contribution in [3.05, 3.63) is 59.1 Å². The van der Waals surface area contributed by atoms with Gasteiger partial charge in [0.1, 0.15) is 11.6 Å². The molecule has 0 saturated heterocycles. The highest BCUT2D eigenvalue weighted by Crippen LogP contribution is 2.29. The molecule has 4 heteroatoms. The summed E-state index contributed by atoms with van der Waals surface area (Å²) in [6.07, 6.45) is 0.140. The average molecular weight is 327 g/mol. The number of ether oxygens (including phenoxy) is 1. The van der Waals surface area contributed by atoms with Gasteiger partial charge in [-0.3, -0.25) is 0 Å². The summed E-state index contributed by atoms with van der Waals surface area (Å²) >= 11 is 6.24. The summed E-state index contributed by atoms with van der Waals surface area (Å²) in [5.41, 5.74) is 2.83. The maximum Gasteiger partial charge on any atom is 0.131 e. The Morgan fingerprint density at radius 3 is 2.61 bits per heavy atom. The third-order valence-corrected chi connectivity index (χ3v) is 3.89. The fourth-order valence-electron chi connectivity index (χ4n) is 2.45. The summed E-state index contributed by atoms with van der Waals surface area (Å²) < 4.78 is 5.83. The van der Waals surface area contributed by atoms with E-state index < -0.39 is 0 Å². The molecule has 0 fully saturated rings. The van der Waals surface area contributed by atoms with Crippen molar-refractivity contribution in [2.75, 3.05) is 5.32 Å². The molecule has 0 unspecified atom stereocenters. The van der Waals surface area contributed by atoms with Gasteiger partial charge in [0, 0.05) is 16.6 Å². The summed E-state index contributed by atoms with van der Waals surface area (Å²) in [5.74, 6) is 1.64. The van der Waals surface area contributed by atoms with E-state index in [2.05, 4.69) is 10.3 Å². The van der Waals surface area contributed by atoms with Crippen LogP contribution in [0.1, 0.15) is 19.4 Å². The Balaban J connectivity index is 1.94. The van der Waals surface area contributed by atoms with Gasteiger partial charge in [-0.15, -0.1) is 0 Å². The lowest BCUT2D eigenvalue weighted by Gasteiger charge is -2.16. The fraction of sp³-hybridized carbons (Fsp3) is 0.211. The quantitative estimate of drug-likeness (QED) is 0.665. The van der Waals surface area contributed by atoms with E-state index in [1.54, 1.807) is 0 Å². The van der Waals surface area contributed by atoms with Crippen molar-refractivity contribution in [1.29, 1.82) is 0 Å². The van der Waals surface area contributed by atoms with Crippen molar-refractivity contribution in [2.24, 2.45) is 0 Å². The van der Waals surface area contributed by atoms with Gasteiger partial charge in [-0.2, -0.15) is 0 Å². The second-order valence-electron chi connectivity index (χ2n) is 5.73. The molecule has 23 heavy (non-hydrogen) atoms. The number of fused-ring (bicyclic) bond motifs is 1. The largest absolute Gasteiger partial charge is 0.491 e. The second kappa shape index (κ2) is 6.47. The number of anilines is 2. The molecule has 0 atom stereocenters. The number of nitrogens with one attached hydrogen (secondary N) is 1. The number of aromatic nitrogens is 1. The Morgan fingerprint density at radius 1 is 1.04 bits per heavy atom. The SMILES string of the molecule is Cc1c(Nc2ccc3cccc(Cl)c3n2)cccc1OC(C)C. The maximum absolute atomic E-state index is 6.24. The van der Waals surface area contributed by atoms with Gasteiger partial charge in [0.05, 0.1) is 16.6 Å². The van der Waals surface area contributed by atoms with Crippen LogP contribution in [-0.4, -0.2) is 11.1 Å². The van der Waals surface area contributed by atoms with E-state index in [4.69, 9.17) is 16.3 Å². The van der Waals surface area contributed by atoms with E-state index in [9.17, 15) is 0 Å². The molecule has 118 valence electrons. The van der Waals surface area contributed by atoms with Crippen LogP contribution >= 0.6 is 11.6 Å². The van der Waals surface area contributed by atoms with Crippen LogP contribution in [0.5, 0.6) is 5.75 Å². The van der Waals surface area contributed by atoms with Crippen LogP contribution in [-0.2, 0) is 0 Å². The lowest BCUT2D eigenvalue weighted by molar-refractivity contribution is 0.241. The van der Waals surface area contributed by atoms with E-state index in [1.165, 1.54) is 0 Å². The van der Waals surface area contributed by atoms with Gasteiger partial charge in [-0.05, 0) is 51.1 Å². The molecule has 0 radical (unpaired) electrons. The highest BCUT2D eigenvalue weighted by molar-refractivity contribution is 6.35. The molecular weight excluding hydrogens is 308 g/mol. The lowest BCUT2D eigenvalue weighted by atomic mass is 10.1. The Kier molecular flexibility index (Phi) is 4.39. The number of nitrogens with zero attached hydrogens (tertiary/aromatic N) is 1. The third kappa shape index (κ3) is 3.40. The van der Waals surface area contributed by atoms with Crippen molar-refractivity contribution in [1.82, 2.24) is 4.98 Å². The smallest absolute Gasteiger partial charge is 0.131 e. The molecule has 0 amide bonds. The molecule has 1 aromatic heterocycles. The molecule has 0 spiro atoms. The molecule has 2 aromatic carbocycles. The predicted octanol–water partition coefficient (Wildman–Crippen LogP) is 5.73. The van der Waals surface area contributed by atoms with Crippen molar-refractivity contribution in [3.8, 4) is 5.75 Å². The summed E-state index contributed by atoms with van der Waals surface area (Å²) in [6.45, 7) is 6.08. The first-order chi connectivity index (χ1) is 11.0. The number of para-hydroxylation sites is 1. The maximum atomic E-state index is 6.24. The fourth-order valence-corrected chi connectivity index (χ4v) is 2.67. The highest BCUT2D eigenvalue weighted by Gasteiger charge is 2.08. The van der Waals surface area contributed by atoms with Gasteiger partial charge in [0.15, 0.2) is 0 Å². The molecule has 3 rings (SSSR count). The first kappa shape index (κ1) is 15.6. The van der Waals surface area contributed by atoms with E-state index in [-0.39, 0.29) is 6.10 Å². The Labute approximate surface area is 141 Å². The first-order valence-electron chi connectivity index (χ1n) is 7.63. The van der Waals surface area contributed by atoms with Gasteiger partial charge in [-0.25, -0.2) is 4.98 Å². The van der Waals surface area contributed by atoms with Crippen LogP contribution in [0.4, 0.5) is 11.5 Å². The van der Waals surface area contributed by atoms with Gasteiger partial charge in [-0.1, -0.05) is 29.8 Å². The van der Waals surface area contributed by atoms with E-state index in [1.807, 2.05) is 69.3 Å². The number of benzene rings is 2. The minimum Gasteiger partial charge on any atom is -0.491 e. The summed E-state index contributed by atoms with van der Waals surface area (Å²) in [7, 11) is 0. The topological polar surface area (TPSA) is 34.2 Å².